The molecule has 0 bridgehead atoms. The first kappa shape index (κ1) is 15.6. The summed E-state index contributed by atoms with van der Waals surface area (Å²) >= 11 is 0. The molecule has 7 nitrogen and oxygen atoms in total. The zero-order valence-electron chi connectivity index (χ0n) is 13.5. The van der Waals surface area contributed by atoms with Crippen LogP contribution in [0.3, 0.4) is 0 Å². The van der Waals surface area contributed by atoms with Gasteiger partial charge in [-0.05, 0) is 24.3 Å². The van der Waals surface area contributed by atoms with E-state index in [2.05, 4.69) is 30.2 Å². The second kappa shape index (κ2) is 6.94. The van der Waals surface area contributed by atoms with Crippen LogP contribution in [-0.2, 0) is 6.54 Å². The third kappa shape index (κ3) is 3.63. The second-order valence-corrected chi connectivity index (χ2v) is 5.88. The first-order chi connectivity index (χ1) is 12.3. The van der Waals surface area contributed by atoms with Crippen LogP contribution in [0.15, 0.2) is 47.2 Å². The van der Waals surface area contributed by atoms with Crippen LogP contribution in [0.1, 0.15) is 5.89 Å². The summed E-state index contributed by atoms with van der Waals surface area (Å²) < 4.78 is 18.5. The minimum atomic E-state index is -0.277. The normalized spacial score (nSPS) is 15.5. The van der Waals surface area contributed by atoms with E-state index in [-0.39, 0.29) is 5.82 Å². The summed E-state index contributed by atoms with van der Waals surface area (Å²) in [6, 6.07) is 10.2. The van der Waals surface area contributed by atoms with Crippen molar-refractivity contribution in [2.45, 2.75) is 6.54 Å². The minimum absolute atomic E-state index is 0.277. The number of piperazine rings is 1. The van der Waals surface area contributed by atoms with Crippen molar-refractivity contribution >= 4 is 5.82 Å². The summed E-state index contributed by atoms with van der Waals surface area (Å²) in [5.41, 5.74) is 1.39. The van der Waals surface area contributed by atoms with Crippen LogP contribution >= 0.6 is 0 Å². The molecule has 0 radical (unpaired) electrons. The van der Waals surface area contributed by atoms with Crippen LogP contribution in [-0.4, -0.2) is 51.5 Å². The summed E-state index contributed by atoms with van der Waals surface area (Å²) in [5, 5.41) is 16.1. The highest BCUT2D eigenvalue weighted by Gasteiger charge is 2.19. The standard InChI is InChI=1S/C17H17FN6O/c18-14-3-1-2-13(10-14)15-4-5-16(21-20-15)24-8-6-23(7-9-24)11-17-22-19-12-25-17/h1-5,10,12H,6-9,11H2. The number of hydrogen-bond acceptors (Lipinski definition) is 7. The van der Waals surface area contributed by atoms with Crippen molar-refractivity contribution in [2.24, 2.45) is 0 Å². The molecule has 0 amide bonds. The van der Waals surface area contributed by atoms with E-state index in [1.54, 1.807) is 6.07 Å². The topological polar surface area (TPSA) is 71.2 Å². The van der Waals surface area contributed by atoms with E-state index in [1.165, 1.54) is 18.5 Å². The number of nitrogens with zero attached hydrogens (tertiary/aromatic N) is 6. The molecule has 1 aliphatic rings. The number of anilines is 1. The third-order valence-corrected chi connectivity index (χ3v) is 4.23. The molecule has 0 aliphatic carbocycles. The monoisotopic (exact) mass is 340 g/mol. The van der Waals surface area contributed by atoms with Gasteiger partial charge in [0.1, 0.15) is 5.82 Å². The van der Waals surface area contributed by atoms with Crippen molar-refractivity contribution in [3.63, 3.8) is 0 Å². The lowest BCUT2D eigenvalue weighted by Gasteiger charge is -2.34. The van der Waals surface area contributed by atoms with Crippen molar-refractivity contribution in [1.82, 2.24) is 25.3 Å². The number of rotatable bonds is 4. The summed E-state index contributed by atoms with van der Waals surface area (Å²) in [4.78, 5) is 4.45. The van der Waals surface area contributed by atoms with Crippen LogP contribution in [0, 0.1) is 5.82 Å². The van der Waals surface area contributed by atoms with Crippen LogP contribution in [0.25, 0.3) is 11.3 Å². The highest BCUT2D eigenvalue weighted by atomic mass is 19.1. The average molecular weight is 340 g/mol. The first-order valence-electron chi connectivity index (χ1n) is 8.10. The number of hydrogen-bond donors (Lipinski definition) is 0. The molecule has 1 aromatic carbocycles. The van der Waals surface area contributed by atoms with Gasteiger partial charge in [0.05, 0.1) is 12.2 Å². The predicted molar refractivity (Wildman–Crippen MR) is 89.2 cm³/mol. The smallest absolute Gasteiger partial charge is 0.230 e. The van der Waals surface area contributed by atoms with E-state index in [9.17, 15) is 4.39 Å². The molecule has 3 aromatic rings. The maximum absolute atomic E-state index is 13.3. The first-order valence-corrected chi connectivity index (χ1v) is 8.10. The average Bonchev–Trinajstić information content (AvgIpc) is 3.16. The van der Waals surface area contributed by atoms with Crippen molar-refractivity contribution in [3.05, 3.63) is 54.5 Å². The van der Waals surface area contributed by atoms with Gasteiger partial charge in [-0.3, -0.25) is 4.90 Å². The van der Waals surface area contributed by atoms with Gasteiger partial charge < -0.3 is 9.32 Å². The summed E-state index contributed by atoms with van der Waals surface area (Å²) in [6.07, 6.45) is 1.35. The fraction of sp³-hybridized carbons (Fsp3) is 0.294. The van der Waals surface area contributed by atoms with E-state index < -0.39 is 0 Å². The van der Waals surface area contributed by atoms with Crippen LogP contribution < -0.4 is 4.90 Å². The van der Waals surface area contributed by atoms with Crippen molar-refractivity contribution < 1.29 is 8.81 Å². The Balaban J connectivity index is 1.38. The zero-order chi connectivity index (χ0) is 17.1. The molecule has 0 saturated carbocycles. The van der Waals surface area contributed by atoms with Gasteiger partial charge >= 0.3 is 0 Å². The summed E-state index contributed by atoms with van der Waals surface area (Å²) in [7, 11) is 0. The van der Waals surface area contributed by atoms with Crippen molar-refractivity contribution in [2.75, 3.05) is 31.1 Å². The number of benzene rings is 1. The maximum atomic E-state index is 13.3. The van der Waals surface area contributed by atoms with Crippen molar-refractivity contribution in [3.8, 4) is 11.3 Å². The van der Waals surface area contributed by atoms with Gasteiger partial charge in [0.25, 0.3) is 0 Å². The highest BCUT2D eigenvalue weighted by molar-refractivity contribution is 5.59. The molecule has 0 N–H and O–H groups in total. The maximum Gasteiger partial charge on any atom is 0.230 e. The van der Waals surface area contributed by atoms with E-state index in [0.717, 1.165) is 37.6 Å². The molecule has 3 heterocycles. The molecule has 25 heavy (non-hydrogen) atoms. The van der Waals surface area contributed by atoms with Gasteiger partial charge in [0.2, 0.25) is 12.3 Å². The lowest BCUT2D eigenvalue weighted by Crippen LogP contribution is -2.46. The van der Waals surface area contributed by atoms with Crippen LogP contribution in [0.4, 0.5) is 10.2 Å². The Hall–Kier alpha value is -2.87. The fourth-order valence-corrected chi connectivity index (χ4v) is 2.89. The molecular formula is C17H17FN6O. The largest absolute Gasteiger partial charge is 0.427 e. The molecule has 1 saturated heterocycles. The van der Waals surface area contributed by atoms with Gasteiger partial charge in [-0.1, -0.05) is 12.1 Å². The summed E-state index contributed by atoms with van der Waals surface area (Å²) in [5.74, 6) is 1.19. The Morgan fingerprint density at radius 1 is 1.00 bits per heavy atom. The number of aromatic nitrogens is 4. The van der Waals surface area contributed by atoms with Crippen molar-refractivity contribution in [1.29, 1.82) is 0 Å². The van der Waals surface area contributed by atoms with Crippen LogP contribution in [0.2, 0.25) is 0 Å². The minimum Gasteiger partial charge on any atom is -0.427 e. The SMILES string of the molecule is Fc1cccc(-c2ccc(N3CCN(Cc4nnco4)CC3)nn2)c1. The fourth-order valence-electron chi connectivity index (χ4n) is 2.89. The lowest BCUT2D eigenvalue weighted by atomic mass is 10.1. The van der Waals surface area contributed by atoms with Gasteiger partial charge in [-0.25, -0.2) is 4.39 Å². The molecule has 1 fully saturated rings. The Labute approximate surface area is 144 Å². The zero-order valence-corrected chi connectivity index (χ0v) is 13.5. The molecule has 4 rings (SSSR count). The summed E-state index contributed by atoms with van der Waals surface area (Å²) in [6.45, 7) is 4.13. The Kier molecular flexibility index (Phi) is 4.34. The van der Waals surface area contributed by atoms with E-state index in [4.69, 9.17) is 4.42 Å². The van der Waals surface area contributed by atoms with E-state index in [0.29, 0.717) is 18.1 Å². The molecular weight excluding hydrogens is 323 g/mol. The Morgan fingerprint density at radius 3 is 2.56 bits per heavy atom. The molecule has 128 valence electrons. The van der Waals surface area contributed by atoms with Gasteiger partial charge in [0.15, 0.2) is 5.82 Å². The molecule has 0 unspecified atom stereocenters. The molecule has 2 aromatic heterocycles. The molecule has 0 atom stereocenters. The second-order valence-electron chi connectivity index (χ2n) is 5.88. The Bertz CT molecular complexity index is 815. The molecule has 0 spiro atoms. The highest BCUT2D eigenvalue weighted by Crippen LogP contribution is 2.20. The van der Waals surface area contributed by atoms with E-state index in [1.807, 2.05) is 18.2 Å². The van der Waals surface area contributed by atoms with Gasteiger partial charge in [0, 0.05) is 31.7 Å². The predicted octanol–water partition coefficient (Wildman–Crippen LogP) is 1.99. The van der Waals surface area contributed by atoms with Gasteiger partial charge in [-0.15, -0.1) is 20.4 Å². The molecule has 8 heteroatoms. The quantitative estimate of drug-likeness (QED) is 0.719. The number of halogens is 1. The Morgan fingerprint density at radius 2 is 1.88 bits per heavy atom. The van der Waals surface area contributed by atoms with Crippen LogP contribution in [0.5, 0.6) is 0 Å². The lowest BCUT2D eigenvalue weighted by molar-refractivity contribution is 0.225. The van der Waals surface area contributed by atoms with Gasteiger partial charge in [-0.2, -0.15) is 0 Å². The third-order valence-electron chi connectivity index (χ3n) is 4.23. The molecule has 1 aliphatic heterocycles. The van der Waals surface area contributed by atoms with E-state index >= 15 is 0 Å².